The summed E-state index contributed by atoms with van der Waals surface area (Å²) in [6, 6.07) is 0. The van der Waals surface area contributed by atoms with Crippen molar-refractivity contribution in [3.8, 4) is 0 Å². The van der Waals surface area contributed by atoms with Gasteiger partial charge in [-0.2, -0.15) is 0 Å². The first-order valence-electron chi connectivity index (χ1n) is 3.70. The van der Waals surface area contributed by atoms with Gasteiger partial charge in [0, 0.05) is 6.54 Å². The molecule has 2 rings (SSSR count). The van der Waals surface area contributed by atoms with Gasteiger partial charge < -0.3 is 10.4 Å². The van der Waals surface area contributed by atoms with Gasteiger partial charge in [0.2, 0.25) is 0 Å². The van der Waals surface area contributed by atoms with Crippen LogP contribution in [-0.2, 0) is 4.79 Å². The second-order valence-electron chi connectivity index (χ2n) is 3.33. The van der Waals surface area contributed by atoms with Crippen LogP contribution in [-0.4, -0.2) is 24.2 Å². The van der Waals surface area contributed by atoms with Crippen LogP contribution in [0.4, 0.5) is 0 Å². The summed E-state index contributed by atoms with van der Waals surface area (Å²) in [4.78, 5) is 10.7. The SMILES string of the molecule is O=C(O)[C@]12CC[C@@H]1CNC2. The molecule has 1 aliphatic carbocycles. The molecule has 2 aliphatic rings. The fourth-order valence-corrected chi connectivity index (χ4v) is 2.05. The highest BCUT2D eigenvalue weighted by molar-refractivity contribution is 5.77. The predicted octanol–water partition coefficient (Wildman–Crippen LogP) is 0.0706. The summed E-state index contributed by atoms with van der Waals surface area (Å²) in [6.45, 7) is 1.60. The van der Waals surface area contributed by atoms with Crippen molar-refractivity contribution in [3.63, 3.8) is 0 Å². The molecule has 0 amide bonds. The minimum absolute atomic E-state index is 0.361. The molecule has 56 valence electrons. The van der Waals surface area contributed by atoms with E-state index < -0.39 is 5.97 Å². The minimum Gasteiger partial charge on any atom is -0.481 e. The third-order valence-electron chi connectivity index (χ3n) is 2.98. The average molecular weight is 141 g/mol. The fourth-order valence-electron chi connectivity index (χ4n) is 2.05. The maximum atomic E-state index is 10.7. The van der Waals surface area contributed by atoms with E-state index in [1.165, 1.54) is 0 Å². The molecule has 2 atom stereocenters. The maximum absolute atomic E-state index is 10.7. The molecular weight excluding hydrogens is 130 g/mol. The van der Waals surface area contributed by atoms with Crippen LogP contribution in [0.15, 0.2) is 0 Å². The van der Waals surface area contributed by atoms with E-state index in [2.05, 4.69) is 5.32 Å². The molecular formula is C7H11NO2. The molecule has 2 N–H and O–H groups in total. The summed E-state index contributed by atoms with van der Waals surface area (Å²) in [5.74, 6) is -0.182. The van der Waals surface area contributed by atoms with Crippen molar-refractivity contribution in [2.75, 3.05) is 13.1 Å². The van der Waals surface area contributed by atoms with Gasteiger partial charge in [0.05, 0.1) is 5.41 Å². The van der Waals surface area contributed by atoms with Crippen molar-refractivity contribution >= 4 is 5.97 Å². The molecule has 0 aromatic rings. The van der Waals surface area contributed by atoms with E-state index in [4.69, 9.17) is 5.11 Å². The number of nitrogens with one attached hydrogen (secondary N) is 1. The molecule has 1 saturated heterocycles. The van der Waals surface area contributed by atoms with Gasteiger partial charge >= 0.3 is 5.97 Å². The maximum Gasteiger partial charge on any atom is 0.311 e. The van der Waals surface area contributed by atoms with Gasteiger partial charge in [-0.1, -0.05) is 0 Å². The normalized spacial score (nSPS) is 44.2. The highest BCUT2D eigenvalue weighted by Gasteiger charge is 2.55. The molecule has 10 heavy (non-hydrogen) atoms. The Morgan fingerprint density at radius 3 is 2.80 bits per heavy atom. The molecule has 0 aromatic carbocycles. The highest BCUT2D eigenvalue weighted by Crippen LogP contribution is 2.48. The van der Waals surface area contributed by atoms with Gasteiger partial charge in [-0.05, 0) is 25.3 Å². The molecule has 1 saturated carbocycles. The lowest BCUT2D eigenvalue weighted by Gasteiger charge is -2.39. The van der Waals surface area contributed by atoms with Gasteiger partial charge in [-0.15, -0.1) is 0 Å². The van der Waals surface area contributed by atoms with Crippen molar-refractivity contribution in [2.45, 2.75) is 12.8 Å². The lowest BCUT2D eigenvalue weighted by atomic mass is 9.62. The van der Waals surface area contributed by atoms with E-state index >= 15 is 0 Å². The highest BCUT2D eigenvalue weighted by atomic mass is 16.4. The van der Waals surface area contributed by atoms with Crippen LogP contribution in [0.1, 0.15) is 12.8 Å². The fraction of sp³-hybridized carbons (Fsp3) is 0.857. The third kappa shape index (κ3) is 0.515. The monoisotopic (exact) mass is 141 g/mol. The Labute approximate surface area is 59.4 Å². The molecule has 0 unspecified atom stereocenters. The number of carboxylic acids is 1. The third-order valence-corrected chi connectivity index (χ3v) is 2.98. The van der Waals surface area contributed by atoms with E-state index in [0.29, 0.717) is 12.5 Å². The van der Waals surface area contributed by atoms with Crippen LogP contribution >= 0.6 is 0 Å². The smallest absolute Gasteiger partial charge is 0.311 e. The van der Waals surface area contributed by atoms with Gasteiger partial charge in [0.1, 0.15) is 0 Å². The number of carboxylic acid groups (broad SMARTS) is 1. The van der Waals surface area contributed by atoms with Crippen LogP contribution < -0.4 is 5.32 Å². The molecule has 3 heteroatoms. The van der Waals surface area contributed by atoms with Crippen molar-refractivity contribution < 1.29 is 9.90 Å². The number of aliphatic carboxylic acids is 1. The second kappa shape index (κ2) is 1.72. The molecule has 1 aliphatic heterocycles. The Bertz CT molecular complexity index is 180. The predicted molar refractivity (Wildman–Crippen MR) is 35.7 cm³/mol. The van der Waals surface area contributed by atoms with E-state index in [1.54, 1.807) is 0 Å². The average Bonchev–Trinajstić information content (AvgIpc) is 2.09. The Hall–Kier alpha value is -0.570. The van der Waals surface area contributed by atoms with E-state index in [9.17, 15) is 4.79 Å². The van der Waals surface area contributed by atoms with Crippen LogP contribution in [0.3, 0.4) is 0 Å². The van der Waals surface area contributed by atoms with Gasteiger partial charge in [-0.3, -0.25) is 4.79 Å². The first kappa shape index (κ1) is 6.16. The summed E-state index contributed by atoms with van der Waals surface area (Å²) in [5.41, 5.74) is -0.361. The molecule has 0 aromatic heterocycles. The number of rotatable bonds is 1. The summed E-state index contributed by atoms with van der Waals surface area (Å²) in [6.07, 6.45) is 1.97. The molecule has 0 spiro atoms. The van der Waals surface area contributed by atoms with Gasteiger partial charge in [0.25, 0.3) is 0 Å². The Morgan fingerprint density at radius 1 is 1.70 bits per heavy atom. The van der Waals surface area contributed by atoms with Gasteiger partial charge in [0.15, 0.2) is 0 Å². The Morgan fingerprint density at radius 2 is 2.50 bits per heavy atom. The molecule has 3 nitrogen and oxygen atoms in total. The summed E-state index contributed by atoms with van der Waals surface area (Å²) in [7, 11) is 0. The van der Waals surface area contributed by atoms with E-state index in [-0.39, 0.29) is 5.41 Å². The Balaban J connectivity index is 2.21. The summed E-state index contributed by atoms with van der Waals surface area (Å²) < 4.78 is 0. The van der Waals surface area contributed by atoms with Crippen molar-refractivity contribution in [1.82, 2.24) is 5.32 Å². The second-order valence-corrected chi connectivity index (χ2v) is 3.33. The number of fused-ring (bicyclic) bond motifs is 1. The zero-order chi connectivity index (χ0) is 7.19. The van der Waals surface area contributed by atoms with E-state index in [0.717, 1.165) is 19.4 Å². The number of hydrogen-bond acceptors (Lipinski definition) is 2. The number of carbonyl (C=O) groups is 1. The first-order chi connectivity index (χ1) is 4.76. The molecule has 2 fully saturated rings. The largest absolute Gasteiger partial charge is 0.481 e. The van der Waals surface area contributed by atoms with Crippen LogP contribution in [0.2, 0.25) is 0 Å². The van der Waals surface area contributed by atoms with E-state index in [1.807, 2.05) is 0 Å². The molecule has 1 heterocycles. The summed E-state index contributed by atoms with van der Waals surface area (Å²) >= 11 is 0. The quantitative estimate of drug-likeness (QED) is 0.543. The van der Waals surface area contributed by atoms with Crippen LogP contribution in [0.5, 0.6) is 0 Å². The summed E-state index contributed by atoms with van der Waals surface area (Å²) in [5, 5.41) is 12.0. The first-order valence-corrected chi connectivity index (χ1v) is 3.70. The standard InChI is InChI=1S/C7H11NO2/c9-6(10)7-2-1-5(7)3-8-4-7/h5,8H,1-4H2,(H,9,10)/t5-,7+/m1/s1. The molecule has 0 radical (unpaired) electrons. The zero-order valence-corrected chi connectivity index (χ0v) is 5.76. The Kier molecular flexibility index (Phi) is 1.06. The topological polar surface area (TPSA) is 49.3 Å². The van der Waals surface area contributed by atoms with Crippen molar-refractivity contribution in [1.29, 1.82) is 0 Å². The van der Waals surface area contributed by atoms with Crippen LogP contribution in [0.25, 0.3) is 0 Å². The lowest BCUT2D eigenvalue weighted by Crippen LogP contribution is -2.46. The molecule has 0 bridgehead atoms. The van der Waals surface area contributed by atoms with Gasteiger partial charge in [-0.25, -0.2) is 0 Å². The van der Waals surface area contributed by atoms with Crippen LogP contribution in [0, 0.1) is 11.3 Å². The van der Waals surface area contributed by atoms with Crippen molar-refractivity contribution in [2.24, 2.45) is 11.3 Å². The zero-order valence-electron chi connectivity index (χ0n) is 5.76. The van der Waals surface area contributed by atoms with Crippen molar-refractivity contribution in [3.05, 3.63) is 0 Å². The lowest BCUT2D eigenvalue weighted by molar-refractivity contribution is -0.156. The number of hydrogen-bond donors (Lipinski definition) is 2. The minimum atomic E-state index is -0.603.